The van der Waals surface area contributed by atoms with Gasteiger partial charge in [0.25, 0.3) is 11.8 Å². The van der Waals surface area contributed by atoms with Crippen molar-refractivity contribution < 1.29 is 9.59 Å². The molecule has 2 rings (SSSR count). The van der Waals surface area contributed by atoms with Crippen LogP contribution in [0.5, 0.6) is 0 Å². The summed E-state index contributed by atoms with van der Waals surface area (Å²) in [6, 6.07) is 7.16. The summed E-state index contributed by atoms with van der Waals surface area (Å²) in [5.41, 5.74) is 8.03. The van der Waals surface area contributed by atoms with E-state index in [1.54, 1.807) is 32.0 Å². The fourth-order valence-corrected chi connectivity index (χ4v) is 1.81. The first-order valence-electron chi connectivity index (χ1n) is 5.41. The highest BCUT2D eigenvalue weighted by Crippen LogP contribution is 2.26. The highest BCUT2D eigenvalue weighted by atomic mass is 16.2. The van der Waals surface area contributed by atoms with Crippen LogP contribution in [0.15, 0.2) is 35.4 Å². The normalized spacial score (nSPS) is 16.1. The smallest absolute Gasteiger partial charge is 0.261 e. The molecule has 0 aliphatic carbocycles. The molecule has 4 heteroatoms. The zero-order valence-electron chi connectivity index (χ0n) is 9.86. The van der Waals surface area contributed by atoms with Gasteiger partial charge in [0.2, 0.25) is 0 Å². The van der Waals surface area contributed by atoms with Crippen LogP contribution in [0.2, 0.25) is 0 Å². The fraction of sp³-hybridized carbons (Fsp3) is 0.231. The highest BCUT2D eigenvalue weighted by molar-refractivity contribution is 6.32. The number of nitrogens with two attached hydrogens (primary N) is 1. The third-order valence-electron chi connectivity index (χ3n) is 3.01. The van der Waals surface area contributed by atoms with Gasteiger partial charge in [0, 0.05) is 17.7 Å². The minimum absolute atomic E-state index is 0.248. The molecule has 1 aromatic carbocycles. The van der Waals surface area contributed by atoms with Crippen molar-refractivity contribution in [3.63, 3.8) is 0 Å². The van der Waals surface area contributed by atoms with E-state index in [4.69, 9.17) is 5.73 Å². The van der Waals surface area contributed by atoms with Crippen molar-refractivity contribution in [2.24, 2.45) is 5.73 Å². The van der Waals surface area contributed by atoms with E-state index >= 15 is 0 Å². The van der Waals surface area contributed by atoms with Crippen LogP contribution in [-0.4, -0.2) is 11.8 Å². The molecule has 1 aliphatic rings. The minimum atomic E-state index is -0.248. The molecule has 0 atom stereocenters. The van der Waals surface area contributed by atoms with E-state index in [0.717, 1.165) is 5.56 Å². The van der Waals surface area contributed by atoms with Gasteiger partial charge < -0.3 is 5.73 Å². The van der Waals surface area contributed by atoms with E-state index in [1.807, 2.05) is 6.07 Å². The summed E-state index contributed by atoms with van der Waals surface area (Å²) in [5.74, 6) is -0.497. The van der Waals surface area contributed by atoms with Gasteiger partial charge in [0.05, 0.1) is 5.69 Å². The maximum atomic E-state index is 11.9. The molecule has 0 aromatic heterocycles. The number of rotatable bonds is 2. The van der Waals surface area contributed by atoms with Gasteiger partial charge in [-0.3, -0.25) is 9.59 Å². The van der Waals surface area contributed by atoms with Gasteiger partial charge in [0.15, 0.2) is 0 Å². The Labute approximate surface area is 99.7 Å². The lowest BCUT2D eigenvalue weighted by Crippen LogP contribution is -2.31. The number of imide groups is 1. The number of hydrogen-bond acceptors (Lipinski definition) is 3. The number of anilines is 1. The first-order chi connectivity index (χ1) is 8.06. The SMILES string of the molecule is CC1=C(C)C(=O)N(c2cccc(CN)c2)C1=O. The largest absolute Gasteiger partial charge is 0.326 e. The molecule has 0 radical (unpaired) electrons. The number of benzene rings is 1. The third kappa shape index (κ3) is 1.76. The first-order valence-corrected chi connectivity index (χ1v) is 5.41. The second-order valence-electron chi connectivity index (χ2n) is 4.07. The summed E-state index contributed by atoms with van der Waals surface area (Å²) in [4.78, 5) is 25.1. The second-order valence-corrected chi connectivity index (χ2v) is 4.07. The summed E-state index contributed by atoms with van der Waals surface area (Å²) in [7, 11) is 0. The Hall–Kier alpha value is -1.94. The summed E-state index contributed by atoms with van der Waals surface area (Å²) in [6.07, 6.45) is 0. The molecule has 1 aliphatic heterocycles. The molecule has 2 N–H and O–H groups in total. The standard InChI is InChI=1S/C13H14N2O2/c1-8-9(2)13(17)15(12(8)16)11-5-3-4-10(6-11)7-14/h3-6H,7,14H2,1-2H3. The van der Waals surface area contributed by atoms with E-state index in [1.165, 1.54) is 4.90 Å². The van der Waals surface area contributed by atoms with Gasteiger partial charge in [-0.1, -0.05) is 12.1 Å². The third-order valence-corrected chi connectivity index (χ3v) is 3.01. The average molecular weight is 230 g/mol. The lowest BCUT2D eigenvalue weighted by Gasteiger charge is -2.15. The Morgan fingerprint density at radius 2 is 1.71 bits per heavy atom. The maximum Gasteiger partial charge on any atom is 0.261 e. The molecular weight excluding hydrogens is 216 g/mol. The second kappa shape index (κ2) is 4.14. The molecule has 0 saturated carbocycles. The summed E-state index contributed by atoms with van der Waals surface area (Å²) in [6.45, 7) is 3.72. The Kier molecular flexibility index (Phi) is 2.81. The van der Waals surface area contributed by atoms with Crippen molar-refractivity contribution >= 4 is 17.5 Å². The predicted octanol–water partition coefficient (Wildman–Crippen LogP) is 1.35. The predicted molar refractivity (Wildman–Crippen MR) is 65.2 cm³/mol. The van der Waals surface area contributed by atoms with Crippen LogP contribution in [0.1, 0.15) is 19.4 Å². The molecule has 0 unspecified atom stereocenters. The summed E-state index contributed by atoms with van der Waals surface area (Å²) < 4.78 is 0. The molecule has 0 fully saturated rings. The molecule has 1 aromatic rings. The van der Waals surface area contributed by atoms with E-state index in [9.17, 15) is 9.59 Å². The van der Waals surface area contributed by atoms with Gasteiger partial charge in [-0.25, -0.2) is 4.90 Å². The van der Waals surface area contributed by atoms with Gasteiger partial charge in [-0.2, -0.15) is 0 Å². The van der Waals surface area contributed by atoms with Gasteiger partial charge in [0.1, 0.15) is 0 Å². The molecule has 0 saturated heterocycles. The molecule has 0 spiro atoms. The Morgan fingerprint density at radius 3 is 2.24 bits per heavy atom. The van der Waals surface area contributed by atoms with E-state index in [0.29, 0.717) is 23.4 Å². The molecular formula is C13H14N2O2. The van der Waals surface area contributed by atoms with Crippen molar-refractivity contribution in [1.82, 2.24) is 0 Å². The Bertz CT molecular complexity index is 508. The number of nitrogens with zero attached hydrogens (tertiary/aromatic N) is 1. The highest BCUT2D eigenvalue weighted by Gasteiger charge is 2.34. The van der Waals surface area contributed by atoms with Crippen molar-refractivity contribution in [1.29, 1.82) is 0 Å². The van der Waals surface area contributed by atoms with Gasteiger partial charge >= 0.3 is 0 Å². The number of amides is 2. The molecule has 1 heterocycles. The number of hydrogen-bond donors (Lipinski definition) is 1. The number of carbonyl (C=O) groups excluding carboxylic acids is 2. The molecule has 17 heavy (non-hydrogen) atoms. The van der Waals surface area contributed by atoms with E-state index in [-0.39, 0.29) is 11.8 Å². The molecule has 4 nitrogen and oxygen atoms in total. The molecule has 0 bridgehead atoms. The Morgan fingerprint density at radius 1 is 1.12 bits per heavy atom. The average Bonchev–Trinajstić information content (AvgIpc) is 2.54. The minimum Gasteiger partial charge on any atom is -0.326 e. The van der Waals surface area contributed by atoms with Gasteiger partial charge in [-0.15, -0.1) is 0 Å². The number of carbonyl (C=O) groups is 2. The Balaban J connectivity index is 2.43. The van der Waals surface area contributed by atoms with Crippen LogP contribution in [0.4, 0.5) is 5.69 Å². The zero-order valence-corrected chi connectivity index (χ0v) is 9.86. The van der Waals surface area contributed by atoms with Crippen LogP contribution < -0.4 is 10.6 Å². The van der Waals surface area contributed by atoms with Crippen LogP contribution in [0.25, 0.3) is 0 Å². The van der Waals surface area contributed by atoms with Crippen molar-refractivity contribution in [2.45, 2.75) is 20.4 Å². The van der Waals surface area contributed by atoms with Crippen molar-refractivity contribution in [3.05, 3.63) is 41.0 Å². The molecule has 2 amide bonds. The summed E-state index contributed by atoms with van der Waals surface area (Å²) in [5, 5.41) is 0. The van der Waals surface area contributed by atoms with Crippen LogP contribution in [0.3, 0.4) is 0 Å². The van der Waals surface area contributed by atoms with Crippen LogP contribution in [0, 0.1) is 0 Å². The topological polar surface area (TPSA) is 63.4 Å². The van der Waals surface area contributed by atoms with Crippen LogP contribution in [-0.2, 0) is 16.1 Å². The van der Waals surface area contributed by atoms with Crippen molar-refractivity contribution in [3.8, 4) is 0 Å². The van der Waals surface area contributed by atoms with E-state index < -0.39 is 0 Å². The van der Waals surface area contributed by atoms with Crippen molar-refractivity contribution in [2.75, 3.05) is 4.90 Å². The van der Waals surface area contributed by atoms with Crippen LogP contribution >= 0.6 is 0 Å². The fourth-order valence-electron chi connectivity index (χ4n) is 1.81. The zero-order chi connectivity index (χ0) is 12.6. The quantitative estimate of drug-likeness (QED) is 0.780. The summed E-state index contributed by atoms with van der Waals surface area (Å²) >= 11 is 0. The lowest BCUT2D eigenvalue weighted by atomic mass is 10.2. The maximum absolute atomic E-state index is 11.9. The van der Waals surface area contributed by atoms with Gasteiger partial charge in [-0.05, 0) is 31.5 Å². The monoisotopic (exact) mass is 230 g/mol. The van der Waals surface area contributed by atoms with E-state index in [2.05, 4.69) is 0 Å². The first kappa shape index (κ1) is 11.5. The molecule has 88 valence electrons. The lowest BCUT2D eigenvalue weighted by molar-refractivity contribution is -0.120.